The van der Waals surface area contributed by atoms with Gasteiger partial charge in [0.15, 0.2) is 0 Å². The van der Waals surface area contributed by atoms with E-state index < -0.39 is 6.10 Å². The number of nitrogens with one attached hydrogen (secondary N) is 1. The molecule has 2 atom stereocenters. The average Bonchev–Trinajstić information content (AvgIpc) is 2.36. The number of thioether (sulfide) groups is 1. The number of hydrogen-bond acceptors (Lipinski definition) is 4. The normalized spacial score (nSPS) is 20.3. The number of fused-ring (bicyclic) bond motifs is 1. The summed E-state index contributed by atoms with van der Waals surface area (Å²) in [6.45, 7) is 1.76. The van der Waals surface area contributed by atoms with E-state index in [9.17, 15) is 5.11 Å². The molecule has 0 saturated heterocycles. The highest BCUT2D eigenvalue weighted by atomic mass is 32.2. The van der Waals surface area contributed by atoms with Gasteiger partial charge in [-0.25, -0.2) is 0 Å². The number of aryl methyl sites for hydroxylation is 1. The monoisotopic (exact) mass is 251 g/mol. The summed E-state index contributed by atoms with van der Waals surface area (Å²) in [6, 6.07) is 5.83. The molecule has 17 heavy (non-hydrogen) atoms. The lowest BCUT2D eigenvalue weighted by Crippen LogP contribution is -2.32. The Kier molecular flexibility index (Phi) is 3.74. The highest BCUT2D eigenvalue weighted by Crippen LogP contribution is 2.30. The molecular weight excluding hydrogens is 234 g/mol. The van der Waals surface area contributed by atoms with Gasteiger partial charge in [0.1, 0.15) is 11.9 Å². The lowest BCUT2D eigenvalue weighted by atomic mass is 9.98. The lowest BCUT2D eigenvalue weighted by Gasteiger charge is -2.28. The quantitative estimate of drug-likeness (QED) is 0.627. The maximum absolute atomic E-state index is 9.52. The minimum absolute atomic E-state index is 0.103. The molecule has 92 valence electrons. The molecule has 0 radical (unpaired) electrons. The molecule has 2 rings (SSSR count). The molecule has 0 spiro atoms. The minimum Gasteiger partial charge on any atom is -0.487 e. The van der Waals surface area contributed by atoms with Gasteiger partial charge in [-0.1, -0.05) is 0 Å². The molecule has 4 heteroatoms. The predicted molar refractivity (Wildman–Crippen MR) is 71.2 cm³/mol. The number of ether oxygens (including phenoxy) is 1. The smallest absolute Gasteiger partial charge is 0.125 e. The Labute approximate surface area is 106 Å². The standard InChI is InChI=1S/C13H17NO2S/c1-8(15)11-5-3-9-7-10(13(14)17-2)4-6-12(9)16-11/h4,6-8,11,14-15H,3,5H2,1-2H3/t8-,11+/m0/s1. The van der Waals surface area contributed by atoms with E-state index in [1.54, 1.807) is 6.92 Å². The first-order valence-corrected chi connectivity index (χ1v) is 6.95. The van der Waals surface area contributed by atoms with Crippen LogP contribution in [0.4, 0.5) is 0 Å². The summed E-state index contributed by atoms with van der Waals surface area (Å²) in [7, 11) is 0. The molecule has 0 unspecified atom stereocenters. The van der Waals surface area contributed by atoms with Crippen LogP contribution in [-0.2, 0) is 6.42 Å². The van der Waals surface area contributed by atoms with Gasteiger partial charge in [0.05, 0.1) is 11.1 Å². The van der Waals surface area contributed by atoms with Crippen LogP contribution >= 0.6 is 11.8 Å². The molecule has 0 fully saturated rings. The molecule has 1 aromatic carbocycles. The van der Waals surface area contributed by atoms with Crippen molar-refractivity contribution >= 4 is 16.8 Å². The van der Waals surface area contributed by atoms with Gasteiger partial charge in [-0.3, -0.25) is 5.41 Å². The third-order valence-electron chi connectivity index (χ3n) is 3.04. The van der Waals surface area contributed by atoms with Crippen LogP contribution in [0.2, 0.25) is 0 Å². The largest absolute Gasteiger partial charge is 0.487 e. The number of hydrogen-bond donors (Lipinski definition) is 2. The summed E-state index contributed by atoms with van der Waals surface area (Å²) in [5.74, 6) is 0.847. The fraction of sp³-hybridized carbons (Fsp3) is 0.462. The third-order valence-corrected chi connectivity index (χ3v) is 3.69. The number of benzene rings is 1. The Bertz CT molecular complexity index is 431. The van der Waals surface area contributed by atoms with Crippen LogP contribution < -0.4 is 4.74 Å². The molecule has 1 aliphatic heterocycles. The first-order valence-electron chi connectivity index (χ1n) is 5.72. The van der Waals surface area contributed by atoms with Crippen LogP contribution in [-0.4, -0.2) is 28.6 Å². The van der Waals surface area contributed by atoms with Gasteiger partial charge in [-0.2, -0.15) is 0 Å². The summed E-state index contributed by atoms with van der Waals surface area (Å²) in [5.41, 5.74) is 2.08. The Morgan fingerprint density at radius 2 is 2.35 bits per heavy atom. The van der Waals surface area contributed by atoms with Gasteiger partial charge in [-0.15, -0.1) is 11.8 Å². The van der Waals surface area contributed by atoms with E-state index in [4.69, 9.17) is 10.1 Å². The highest BCUT2D eigenvalue weighted by Gasteiger charge is 2.23. The van der Waals surface area contributed by atoms with Gasteiger partial charge in [-0.05, 0) is 49.8 Å². The zero-order valence-electron chi connectivity index (χ0n) is 10.1. The molecule has 1 heterocycles. The molecule has 1 aromatic rings. The Hall–Kier alpha value is -1.00. The maximum Gasteiger partial charge on any atom is 0.125 e. The van der Waals surface area contributed by atoms with E-state index in [1.807, 2.05) is 24.5 Å². The van der Waals surface area contributed by atoms with Crippen molar-refractivity contribution in [3.05, 3.63) is 29.3 Å². The number of rotatable bonds is 2. The lowest BCUT2D eigenvalue weighted by molar-refractivity contribution is 0.0357. The van der Waals surface area contributed by atoms with Crippen LogP contribution in [0.25, 0.3) is 0 Å². The SMILES string of the molecule is CSC(=N)c1ccc2c(c1)CC[C@H]([C@H](C)O)O2. The molecule has 0 amide bonds. The van der Waals surface area contributed by atoms with Gasteiger partial charge in [0.2, 0.25) is 0 Å². The van der Waals surface area contributed by atoms with Gasteiger partial charge in [0, 0.05) is 5.56 Å². The van der Waals surface area contributed by atoms with Crippen LogP contribution in [0.3, 0.4) is 0 Å². The molecule has 3 nitrogen and oxygen atoms in total. The second-order valence-electron chi connectivity index (χ2n) is 4.29. The van der Waals surface area contributed by atoms with E-state index >= 15 is 0 Å². The summed E-state index contributed by atoms with van der Waals surface area (Å²) in [4.78, 5) is 0. The first kappa shape index (κ1) is 12.5. The molecule has 0 saturated carbocycles. The zero-order valence-corrected chi connectivity index (χ0v) is 10.9. The third kappa shape index (κ3) is 2.64. The topological polar surface area (TPSA) is 53.3 Å². The predicted octanol–water partition coefficient (Wildman–Crippen LogP) is 2.45. The van der Waals surface area contributed by atoms with E-state index in [0.29, 0.717) is 5.04 Å². The number of aliphatic hydroxyl groups is 1. The van der Waals surface area contributed by atoms with Crippen molar-refractivity contribution in [2.24, 2.45) is 0 Å². The average molecular weight is 251 g/mol. The molecule has 1 aliphatic rings. The van der Waals surface area contributed by atoms with E-state index in [1.165, 1.54) is 11.8 Å². The van der Waals surface area contributed by atoms with Crippen molar-refractivity contribution in [2.75, 3.05) is 6.26 Å². The van der Waals surface area contributed by atoms with Gasteiger partial charge in [0.25, 0.3) is 0 Å². The fourth-order valence-electron chi connectivity index (χ4n) is 2.01. The van der Waals surface area contributed by atoms with Crippen LogP contribution in [0.5, 0.6) is 5.75 Å². The fourth-order valence-corrected chi connectivity index (χ4v) is 2.37. The molecule has 0 aliphatic carbocycles. The van der Waals surface area contributed by atoms with Crippen molar-refractivity contribution in [3.8, 4) is 5.75 Å². The molecular formula is C13H17NO2S. The number of aliphatic hydroxyl groups excluding tert-OH is 1. The van der Waals surface area contributed by atoms with Crippen molar-refractivity contribution in [1.82, 2.24) is 0 Å². The second kappa shape index (κ2) is 5.10. The van der Waals surface area contributed by atoms with E-state index in [-0.39, 0.29) is 6.10 Å². The molecule has 0 aromatic heterocycles. The van der Waals surface area contributed by atoms with Crippen LogP contribution in [0, 0.1) is 5.41 Å². The van der Waals surface area contributed by atoms with Gasteiger partial charge >= 0.3 is 0 Å². The highest BCUT2D eigenvalue weighted by molar-refractivity contribution is 8.13. The van der Waals surface area contributed by atoms with E-state index in [0.717, 1.165) is 29.7 Å². The maximum atomic E-state index is 9.52. The molecule has 2 N–H and O–H groups in total. The summed E-state index contributed by atoms with van der Waals surface area (Å²) in [5, 5.41) is 17.9. The van der Waals surface area contributed by atoms with E-state index in [2.05, 4.69) is 0 Å². The Morgan fingerprint density at radius 1 is 1.59 bits per heavy atom. The van der Waals surface area contributed by atoms with Crippen molar-refractivity contribution in [1.29, 1.82) is 5.41 Å². The minimum atomic E-state index is -0.438. The summed E-state index contributed by atoms with van der Waals surface area (Å²) < 4.78 is 5.73. The van der Waals surface area contributed by atoms with Crippen molar-refractivity contribution in [2.45, 2.75) is 32.0 Å². The summed E-state index contributed by atoms with van der Waals surface area (Å²) >= 11 is 1.44. The van der Waals surface area contributed by atoms with Crippen molar-refractivity contribution < 1.29 is 9.84 Å². The zero-order chi connectivity index (χ0) is 12.4. The Balaban J connectivity index is 2.22. The Morgan fingerprint density at radius 3 is 3.00 bits per heavy atom. The first-order chi connectivity index (χ1) is 8.11. The second-order valence-corrected chi connectivity index (χ2v) is 5.11. The van der Waals surface area contributed by atoms with Gasteiger partial charge < -0.3 is 9.84 Å². The van der Waals surface area contributed by atoms with Crippen LogP contribution in [0.15, 0.2) is 18.2 Å². The molecule has 0 bridgehead atoms. The van der Waals surface area contributed by atoms with Crippen molar-refractivity contribution in [3.63, 3.8) is 0 Å². The summed E-state index contributed by atoms with van der Waals surface area (Å²) in [6.07, 6.45) is 3.10. The van der Waals surface area contributed by atoms with Crippen LogP contribution in [0.1, 0.15) is 24.5 Å².